The molecule has 0 spiro atoms. The van der Waals surface area contributed by atoms with Crippen molar-refractivity contribution in [2.45, 2.75) is 27.3 Å². The Hall–Kier alpha value is -1.68. The number of hydrogen-bond donors (Lipinski definition) is 1. The first-order valence-corrected chi connectivity index (χ1v) is 6.32. The van der Waals surface area contributed by atoms with Crippen molar-refractivity contribution in [2.24, 2.45) is 5.92 Å². The lowest BCUT2D eigenvalue weighted by Crippen LogP contribution is -2.19. The fourth-order valence-corrected chi connectivity index (χ4v) is 1.86. The van der Waals surface area contributed by atoms with Gasteiger partial charge < -0.3 is 5.32 Å². The largest absolute Gasteiger partial charge is 0.312 e. The second kappa shape index (κ2) is 5.78. The van der Waals surface area contributed by atoms with Gasteiger partial charge in [0.25, 0.3) is 0 Å². The summed E-state index contributed by atoms with van der Waals surface area (Å²) in [6.07, 6.45) is 3.26. The highest BCUT2D eigenvalue weighted by Crippen LogP contribution is 2.13. The van der Waals surface area contributed by atoms with Gasteiger partial charge in [0.2, 0.25) is 0 Å². The molecule has 96 valence electrons. The maximum atomic E-state index is 4.13. The van der Waals surface area contributed by atoms with E-state index in [9.17, 15) is 0 Å². The molecule has 4 heteroatoms. The summed E-state index contributed by atoms with van der Waals surface area (Å²) in [6, 6.07) is 6.37. The lowest BCUT2D eigenvalue weighted by atomic mass is 10.1. The van der Waals surface area contributed by atoms with E-state index in [1.54, 1.807) is 17.3 Å². The number of aromatic nitrogens is 3. The fourth-order valence-electron chi connectivity index (χ4n) is 1.86. The van der Waals surface area contributed by atoms with Crippen molar-refractivity contribution in [1.82, 2.24) is 20.1 Å². The monoisotopic (exact) mass is 244 g/mol. The predicted octanol–water partition coefficient (Wildman–Crippen LogP) is 2.32. The van der Waals surface area contributed by atoms with Gasteiger partial charge in [-0.05, 0) is 42.6 Å². The smallest absolute Gasteiger partial charge is 0.138 e. The molecule has 0 saturated carbocycles. The van der Waals surface area contributed by atoms with Gasteiger partial charge in [-0.25, -0.2) is 9.67 Å². The standard InChI is InChI=1S/C14H20N4/c1-11(2)7-15-8-13-4-5-14(6-12(13)3)18-10-16-9-17-18/h4-6,9-11,15H,7-8H2,1-3H3. The van der Waals surface area contributed by atoms with Gasteiger partial charge in [-0.3, -0.25) is 0 Å². The van der Waals surface area contributed by atoms with Gasteiger partial charge in [-0.1, -0.05) is 19.9 Å². The number of nitrogens with one attached hydrogen (secondary N) is 1. The summed E-state index contributed by atoms with van der Waals surface area (Å²) in [6.45, 7) is 8.53. The quantitative estimate of drug-likeness (QED) is 0.877. The van der Waals surface area contributed by atoms with Crippen molar-refractivity contribution in [1.29, 1.82) is 0 Å². The number of benzene rings is 1. The molecule has 0 aliphatic heterocycles. The summed E-state index contributed by atoms with van der Waals surface area (Å²) < 4.78 is 1.78. The highest BCUT2D eigenvalue weighted by atomic mass is 15.3. The normalized spacial score (nSPS) is 11.1. The van der Waals surface area contributed by atoms with E-state index >= 15 is 0 Å². The third kappa shape index (κ3) is 3.17. The minimum atomic E-state index is 0.680. The average Bonchev–Trinajstić information content (AvgIpc) is 2.84. The van der Waals surface area contributed by atoms with Gasteiger partial charge in [0.05, 0.1) is 5.69 Å². The third-order valence-corrected chi connectivity index (χ3v) is 2.88. The molecule has 1 aromatic heterocycles. The third-order valence-electron chi connectivity index (χ3n) is 2.88. The summed E-state index contributed by atoms with van der Waals surface area (Å²) in [4.78, 5) is 3.96. The zero-order valence-corrected chi connectivity index (χ0v) is 11.2. The molecule has 0 bridgehead atoms. The molecule has 0 atom stereocenters. The SMILES string of the molecule is Cc1cc(-n2cncn2)ccc1CNCC(C)C. The van der Waals surface area contributed by atoms with E-state index in [-0.39, 0.29) is 0 Å². The van der Waals surface area contributed by atoms with Crippen molar-refractivity contribution in [3.05, 3.63) is 42.0 Å². The van der Waals surface area contributed by atoms with Crippen molar-refractivity contribution < 1.29 is 0 Å². The summed E-state index contributed by atoms with van der Waals surface area (Å²) in [5.74, 6) is 0.680. The number of rotatable bonds is 5. The molecule has 0 saturated heterocycles. The van der Waals surface area contributed by atoms with Gasteiger partial charge in [0.1, 0.15) is 12.7 Å². The molecule has 1 aromatic carbocycles. The summed E-state index contributed by atoms with van der Waals surface area (Å²) in [5.41, 5.74) is 3.66. The Balaban J connectivity index is 2.06. The Morgan fingerprint density at radius 1 is 1.33 bits per heavy atom. The topological polar surface area (TPSA) is 42.7 Å². The Labute approximate surface area is 108 Å². The van der Waals surface area contributed by atoms with Crippen LogP contribution >= 0.6 is 0 Å². The van der Waals surface area contributed by atoms with Crippen LogP contribution in [-0.4, -0.2) is 21.3 Å². The molecular weight excluding hydrogens is 224 g/mol. The van der Waals surface area contributed by atoms with Crippen molar-refractivity contribution in [3.8, 4) is 5.69 Å². The van der Waals surface area contributed by atoms with Crippen LogP contribution in [0, 0.1) is 12.8 Å². The van der Waals surface area contributed by atoms with E-state index in [1.807, 2.05) is 0 Å². The molecule has 0 radical (unpaired) electrons. The highest BCUT2D eigenvalue weighted by molar-refractivity contribution is 5.39. The Bertz CT molecular complexity index is 489. The first-order chi connectivity index (χ1) is 8.66. The molecule has 18 heavy (non-hydrogen) atoms. The Morgan fingerprint density at radius 2 is 2.17 bits per heavy atom. The Kier molecular flexibility index (Phi) is 4.10. The van der Waals surface area contributed by atoms with Crippen LogP contribution in [0.25, 0.3) is 5.69 Å². The van der Waals surface area contributed by atoms with Crippen LogP contribution < -0.4 is 5.32 Å². The minimum absolute atomic E-state index is 0.680. The van der Waals surface area contributed by atoms with E-state index < -0.39 is 0 Å². The summed E-state index contributed by atoms with van der Waals surface area (Å²) in [7, 11) is 0. The first-order valence-electron chi connectivity index (χ1n) is 6.32. The van der Waals surface area contributed by atoms with E-state index in [1.165, 1.54) is 11.1 Å². The molecule has 0 aliphatic rings. The average molecular weight is 244 g/mol. The summed E-state index contributed by atoms with van der Waals surface area (Å²) >= 11 is 0. The van der Waals surface area contributed by atoms with E-state index in [4.69, 9.17) is 0 Å². The maximum Gasteiger partial charge on any atom is 0.138 e. The van der Waals surface area contributed by atoms with E-state index in [2.05, 4.69) is 54.4 Å². The fraction of sp³-hybridized carbons (Fsp3) is 0.429. The van der Waals surface area contributed by atoms with Crippen LogP contribution in [0.1, 0.15) is 25.0 Å². The van der Waals surface area contributed by atoms with Crippen molar-refractivity contribution >= 4 is 0 Å². The minimum Gasteiger partial charge on any atom is -0.312 e. The van der Waals surface area contributed by atoms with Gasteiger partial charge >= 0.3 is 0 Å². The van der Waals surface area contributed by atoms with Gasteiger partial charge in [0.15, 0.2) is 0 Å². The van der Waals surface area contributed by atoms with Crippen molar-refractivity contribution in [3.63, 3.8) is 0 Å². The second-order valence-electron chi connectivity index (χ2n) is 4.98. The molecule has 4 nitrogen and oxygen atoms in total. The molecular formula is C14H20N4. The molecule has 1 heterocycles. The molecule has 1 N–H and O–H groups in total. The van der Waals surface area contributed by atoms with Gasteiger partial charge in [-0.15, -0.1) is 0 Å². The molecule has 0 unspecified atom stereocenters. The molecule has 0 fully saturated rings. The maximum absolute atomic E-state index is 4.13. The van der Waals surface area contributed by atoms with Crippen LogP contribution in [-0.2, 0) is 6.54 Å². The van der Waals surface area contributed by atoms with E-state index in [0.717, 1.165) is 18.8 Å². The molecule has 2 aromatic rings. The number of hydrogen-bond acceptors (Lipinski definition) is 3. The molecule has 0 aliphatic carbocycles. The van der Waals surface area contributed by atoms with Crippen LogP contribution in [0.5, 0.6) is 0 Å². The first kappa shape index (κ1) is 12.8. The summed E-state index contributed by atoms with van der Waals surface area (Å²) in [5, 5.41) is 7.59. The van der Waals surface area contributed by atoms with Crippen LogP contribution in [0.15, 0.2) is 30.9 Å². The van der Waals surface area contributed by atoms with Gasteiger partial charge in [-0.2, -0.15) is 5.10 Å². The molecule has 2 rings (SSSR count). The van der Waals surface area contributed by atoms with Crippen LogP contribution in [0.2, 0.25) is 0 Å². The van der Waals surface area contributed by atoms with E-state index in [0.29, 0.717) is 5.92 Å². The zero-order chi connectivity index (χ0) is 13.0. The number of aryl methyl sites for hydroxylation is 1. The second-order valence-corrected chi connectivity index (χ2v) is 4.98. The lowest BCUT2D eigenvalue weighted by molar-refractivity contribution is 0.551. The molecule has 0 amide bonds. The Morgan fingerprint density at radius 3 is 2.78 bits per heavy atom. The van der Waals surface area contributed by atoms with Gasteiger partial charge in [0, 0.05) is 6.54 Å². The highest BCUT2D eigenvalue weighted by Gasteiger charge is 2.02. The van der Waals surface area contributed by atoms with Crippen LogP contribution in [0.4, 0.5) is 0 Å². The van der Waals surface area contributed by atoms with Crippen molar-refractivity contribution in [2.75, 3.05) is 6.54 Å². The zero-order valence-electron chi connectivity index (χ0n) is 11.2. The lowest BCUT2D eigenvalue weighted by Gasteiger charge is -2.11. The predicted molar refractivity (Wildman–Crippen MR) is 72.6 cm³/mol. The number of nitrogens with zero attached hydrogens (tertiary/aromatic N) is 3. The van der Waals surface area contributed by atoms with Crippen LogP contribution in [0.3, 0.4) is 0 Å².